The number of hydrogen-bond donors (Lipinski definition) is 1. The van der Waals surface area contributed by atoms with E-state index >= 15 is 0 Å². The van der Waals surface area contributed by atoms with Crippen molar-refractivity contribution in [2.24, 2.45) is 0 Å². The van der Waals surface area contributed by atoms with Crippen LogP contribution in [0.3, 0.4) is 0 Å². The van der Waals surface area contributed by atoms with Crippen molar-refractivity contribution in [3.8, 4) is 0 Å². The molecule has 5 heteroatoms. The molecule has 1 rings (SSSR count). The van der Waals surface area contributed by atoms with Gasteiger partial charge in [-0.1, -0.05) is 18.5 Å². The van der Waals surface area contributed by atoms with Crippen molar-refractivity contribution in [1.29, 1.82) is 0 Å². The molecule has 0 saturated carbocycles. The third-order valence-electron chi connectivity index (χ3n) is 3.12. The van der Waals surface area contributed by atoms with E-state index in [4.69, 9.17) is 11.6 Å². The number of carbonyl (C=O) groups excluding carboxylic acids is 2. The SMILES string of the molecule is CCC1(C)NC(=O)CCN(CC(C)=CCl)C1=O. The molecular formula is C12H19ClN2O2. The normalized spacial score (nSPS) is 26.8. The van der Waals surface area contributed by atoms with E-state index in [1.807, 2.05) is 13.8 Å². The molecule has 1 saturated heterocycles. The van der Waals surface area contributed by atoms with Gasteiger partial charge in [0.25, 0.3) is 0 Å². The average molecular weight is 259 g/mol. The minimum atomic E-state index is -0.791. The largest absolute Gasteiger partial charge is 0.342 e. The van der Waals surface area contributed by atoms with E-state index in [2.05, 4.69) is 5.32 Å². The molecule has 1 N–H and O–H groups in total. The maximum atomic E-state index is 12.3. The third-order valence-corrected chi connectivity index (χ3v) is 3.49. The zero-order valence-electron chi connectivity index (χ0n) is 10.5. The zero-order valence-corrected chi connectivity index (χ0v) is 11.3. The highest BCUT2D eigenvalue weighted by Gasteiger charge is 2.38. The second-order valence-electron chi connectivity index (χ2n) is 4.67. The van der Waals surface area contributed by atoms with Crippen molar-refractivity contribution in [2.45, 2.75) is 39.2 Å². The molecule has 1 aliphatic heterocycles. The Morgan fingerprint density at radius 3 is 2.76 bits per heavy atom. The fraction of sp³-hybridized carbons (Fsp3) is 0.667. The molecular weight excluding hydrogens is 240 g/mol. The zero-order chi connectivity index (χ0) is 13.1. The highest BCUT2D eigenvalue weighted by molar-refractivity contribution is 6.25. The first-order chi connectivity index (χ1) is 7.92. The van der Waals surface area contributed by atoms with Gasteiger partial charge in [0.05, 0.1) is 0 Å². The standard InChI is InChI=1S/C12H19ClN2O2/c1-4-12(3)11(17)15(8-9(2)7-13)6-5-10(16)14-12/h7H,4-6,8H2,1-3H3,(H,14,16). The second kappa shape index (κ2) is 5.54. The summed E-state index contributed by atoms with van der Waals surface area (Å²) < 4.78 is 0. The van der Waals surface area contributed by atoms with Crippen LogP contribution in [0.15, 0.2) is 11.1 Å². The number of amides is 2. The van der Waals surface area contributed by atoms with E-state index in [9.17, 15) is 9.59 Å². The van der Waals surface area contributed by atoms with Crippen molar-refractivity contribution >= 4 is 23.4 Å². The fourth-order valence-corrected chi connectivity index (χ4v) is 1.91. The highest BCUT2D eigenvalue weighted by Crippen LogP contribution is 2.18. The lowest BCUT2D eigenvalue weighted by atomic mass is 9.97. The molecule has 0 spiro atoms. The first-order valence-electron chi connectivity index (χ1n) is 5.79. The van der Waals surface area contributed by atoms with Crippen LogP contribution in [-0.2, 0) is 9.59 Å². The quantitative estimate of drug-likeness (QED) is 0.837. The van der Waals surface area contributed by atoms with Gasteiger partial charge in [-0.05, 0) is 25.8 Å². The van der Waals surface area contributed by atoms with Crippen molar-refractivity contribution < 1.29 is 9.59 Å². The number of nitrogens with zero attached hydrogens (tertiary/aromatic N) is 1. The Morgan fingerprint density at radius 1 is 1.59 bits per heavy atom. The summed E-state index contributed by atoms with van der Waals surface area (Å²) >= 11 is 5.61. The van der Waals surface area contributed by atoms with Gasteiger partial charge in [-0.3, -0.25) is 9.59 Å². The van der Waals surface area contributed by atoms with Gasteiger partial charge in [0, 0.05) is 25.0 Å². The Hall–Kier alpha value is -1.03. The molecule has 4 nitrogen and oxygen atoms in total. The van der Waals surface area contributed by atoms with Crippen molar-refractivity contribution in [2.75, 3.05) is 13.1 Å². The molecule has 0 aromatic rings. The number of hydrogen-bond acceptors (Lipinski definition) is 2. The molecule has 1 heterocycles. The van der Waals surface area contributed by atoms with Gasteiger partial charge in [0.2, 0.25) is 11.8 Å². The molecule has 96 valence electrons. The maximum absolute atomic E-state index is 12.3. The van der Waals surface area contributed by atoms with Crippen LogP contribution >= 0.6 is 11.6 Å². The van der Waals surface area contributed by atoms with Gasteiger partial charge in [-0.2, -0.15) is 0 Å². The summed E-state index contributed by atoms with van der Waals surface area (Å²) in [5.41, 5.74) is 1.59. The van der Waals surface area contributed by atoms with E-state index in [-0.39, 0.29) is 11.8 Å². The number of rotatable bonds is 3. The molecule has 17 heavy (non-hydrogen) atoms. The lowest BCUT2D eigenvalue weighted by Gasteiger charge is -2.31. The summed E-state index contributed by atoms with van der Waals surface area (Å²) in [5, 5.41) is 2.79. The Labute approximate surface area is 107 Å². The lowest BCUT2D eigenvalue weighted by molar-refractivity contribution is -0.137. The Bertz CT molecular complexity index is 354. The van der Waals surface area contributed by atoms with Gasteiger partial charge in [0.15, 0.2) is 0 Å². The number of halogens is 1. The van der Waals surface area contributed by atoms with Crippen LogP contribution in [0.4, 0.5) is 0 Å². The van der Waals surface area contributed by atoms with E-state index in [0.717, 1.165) is 5.57 Å². The monoisotopic (exact) mass is 258 g/mol. The summed E-state index contributed by atoms with van der Waals surface area (Å²) in [5.74, 6) is -0.110. The molecule has 1 aliphatic rings. The van der Waals surface area contributed by atoms with Crippen molar-refractivity contribution in [1.82, 2.24) is 10.2 Å². The predicted molar refractivity (Wildman–Crippen MR) is 67.6 cm³/mol. The minimum Gasteiger partial charge on any atom is -0.342 e. The van der Waals surface area contributed by atoms with Gasteiger partial charge >= 0.3 is 0 Å². The van der Waals surface area contributed by atoms with Crippen LogP contribution in [0, 0.1) is 0 Å². The van der Waals surface area contributed by atoms with Gasteiger partial charge in [-0.15, -0.1) is 0 Å². The number of carbonyl (C=O) groups is 2. The Balaban J connectivity index is 2.91. The van der Waals surface area contributed by atoms with Gasteiger partial charge < -0.3 is 10.2 Å². The van der Waals surface area contributed by atoms with E-state index < -0.39 is 5.54 Å². The van der Waals surface area contributed by atoms with Gasteiger partial charge in [-0.25, -0.2) is 0 Å². The van der Waals surface area contributed by atoms with E-state index in [1.54, 1.807) is 11.8 Å². The molecule has 0 bridgehead atoms. The van der Waals surface area contributed by atoms with Crippen molar-refractivity contribution in [3.05, 3.63) is 11.1 Å². The first kappa shape index (κ1) is 14.0. The third kappa shape index (κ3) is 3.22. The fourth-order valence-electron chi connectivity index (χ4n) is 1.84. The van der Waals surface area contributed by atoms with Crippen LogP contribution in [-0.4, -0.2) is 35.3 Å². The first-order valence-corrected chi connectivity index (χ1v) is 6.23. The van der Waals surface area contributed by atoms with Crippen LogP contribution in [0.25, 0.3) is 0 Å². The summed E-state index contributed by atoms with van der Waals surface area (Å²) in [6, 6.07) is 0. The van der Waals surface area contributed by atoms with E-state index in [0.29, 0.717) is 25.9 Å². The molecule has 2 amide bonds. The van der Waals surface area contributed by atoms with Crippen LogP contribution < -0.4 is 5.32 Å². The summed E-state index contributed by atoms with van der Waals surface area (Å²) in [6.45, 7) is 6.45. The predicted octanol–water partition coefficient (Wildman–Crippen LogP) is 1.65. The summed E-state index contributed by atoms with van der Waals surface area (Å²) in [6.07, 6.45) is 0.925. The Morgan fingerprint density at radius 2 is 2.24 bits per heavy atom. The molecule has 1 atom stereocenters. The molecule has 0 aromatic carbocycles. The van der Waals surface area contributed by atoms with Crippen molar-refractivity contribution in [3.63, 3.8) is 0 Å². The summed E-state index contributed by atoms with van der Waals surface area (Å²) in [4.78, 5) is 25.6. The number of nitrogens with one attached hydrogen (secondary N) is 1. The molecule has 0 aromatic heterocycles. The summed E-state index contributed by atoms with van der Waals surface area (Å²) in [7, 11) is 0. The topological polar surface area (TPSA) is 49.4 Å². The van der Waals surface area contributed by atoms with Crippen LogP contribution in [0.1, 0.15) is 33.6 Å². The Kier molecular flexibility index (Phi) is 4.57. The molecule has 0 radical (unpaired) electrons. The molecule has 1 unspecified atom stereocenters. The minimum absolute atomic E-state index is 0.0382. The van der Waals surface area contributed by atoms with E-state index in [1.165, 1.54) is 5.54 Å². The maximum Gasteiger partial charge on any atom is 0.248 e. The highest BCUT2D eigenvalue weighted by atomic mass is 35.5. The van der Waals surface area contributed by atoms with Gasteiger partial charge in [0.1, 0.15) is 5.54 Å². The smallest absolute Gasteiger partial charge is 0.248 e. The van der Waals surface area contributed by atoms with Crippen LogP contribution in [0.5, 0.6) is 0 Å². The molecule has 0 aliphatic carbocycles. The van der Waals surface area contributed by atoms with Crippen LogP contribution in [0.2, 0.25) is 0 Å². The lowest BCUT2D eigenvalue weighted by Crippen LogP contribution is -2.54. The molecule has 1 fully saturated rings. The average Bonchev–Trinajstić information content (AvgIpc) is 2.41. The second-order valence-corrected chi connectivity index (χ2v) is 4.88.